The maximum atomic E-state index is 12.3. The first-order valence-corrected chi connectivity index (χ1v) is 9.25. The van der Waals surface area contributed by atoms with Gasteiger partial charge in [-0.2, -0.15) is 0 Å². The van der Waals surface area contributed by atoms with Gasteiger partial charge in [-0.1, -0.05) is 12.1 Å². The Morgan fingerprint density at radius 2 is 2.00 bits per heavy atom. The average Bonchev–Trinajstić information content (AvgIpc) is 3.36. The third-order valence-electron chi connectivity index (χ3n) is 4.91. The van der Waals surface area contributed by atoms with Crippen LogP contribution in [0.4, 0.5) is 0 Å². The monoisotopic (exact) mass is 366 g/mol. The zero-order valence-corrected chi connectivity index (χ0v) is 15.0. The van der Waals surface area contributed by atoms with Gasteiger partial charge >= 0.3 is 0 Å². The van der Waals surface area contributed by atoms with Crippen molar-refractivity contribution >= 4 is 22.8 Å². The lowest BCUT2D eigenvalue weighted by atomic mass is 10.0. The summed E-state index contributed by atoms with van der Waals surface area (Å²) in [6, 6.07) is 11.3. The normalized spacial score (nSPS) is 15.2. The Bertz CT molecular complexity index is 891. The number of carbonyl (C=O) groups excluding carboxylic acids is 2. The Hall–Kier alpha value is -3.09. The molecule has 3 heterocycles. The highest BCUT2D eigenvalue weighted by molar-refractivity contribution is 5.91. The van der Waals surface area contributed by atoms with E-state index in [1.165, 1.54) is 6.26 Å². The van der Waals surface area contributed by atoms with Gasteiger partial charge in [0.05, 0.1) is 17.3 Å². The standard InChI is InChI=1S/C20H22N4O3/c25-19(8-7-18-22-15-4-1-2-5-16(15)23-18)21-14-9-11-24(12-10-14)20(26)17-6-3-13-27-17/h1-6,13-14H,7-12H2,(H,21,25)(H,22,23). The summed E-state index contributed by atoms with van der Waals surface area (Å²) < 4.78 is 5.17. The molecule has 1 fully saturated rings. The Labute approximate surface area is 156 Å². The Balaban J connectivity index is 1.23. The number of fused-ring (bicyclic) bond motifs is 1. The maximum absolute atomic E-state index is 12.3. The lowest BCUT2D eigenvalue weighted by molar-refractivity contribution is -0.122. The number of piperidine rings is 1. The van der Waals surface area contributed by atoms with Gasteiger partial charge in [0, 0.05) is 32.0 Å². The van der Waals surface area contributed by atoms with E-state index in [1.807, 2.05) is 24.3 Å². The summed E-state index contributed by atoms with van der Waals surface area (Å²) in [7, 11) is 0. The van der Waals surface area contributed by atoms with E-state index in [0.717, 1.165) is 29.7 Å². The maximum Gasteiger partial charge on any atom is 0.289 e. The van der Waals surface area contributed by atoms with E-state index in [2.05, 4.69) is 15.3 Å². The molecule has 0 saturated carbocycles. The number of furan rings is 1. The number of nitrogens with zero attached hydrogens (tertiary/aromatic N) is 2. The number of aryl methyl sites for hydroxylation is 1. The van der Waals surface area contributed by atoms with E-state index in [4.69, 9.17) is 4.42 Å². The van der Waals surface area contributed by atoms with Crippen molar-refractivity contribution in [3.05, 3.63) is 54.2 Å². The summed E-state index contributed by atoms with van der Waals surface area (Å²) in [6.45, 7) is 1.24. The fourth-order valence-corrected chi connectivity index (χ4v) is 3.44. The van der Waals surface area contributed by atoms with Gasteiger partial charge in [0.15, 0.2) is 5.76 Å². The van der Waals surface area contributed by atoms with Gasteiger partial charge in [-0.15, -0.1) is 0 Å². The van der Waals surface area contributed by atoms with Gasteiger partial charge in [0.1, 0.15) is 5.82 Å². The molecule has 0 spiro atoms. The SMILES string of the molecule is O=C(CCc1nc2ccccc2[nH]1)NC1CCN(C(=O)c2ccco2)CC1. The second-order valence-electron chi connectivity index (χ2n) is 6.81. The average molecular weight is 366 g/mol. The number of benzene rings is 1. The second kappa shape index (κ2) is 7.65. The van der Waals surface area contributed by atoms with Gasteiger partial charge < -0.3 is 19.6 Å². The van der Waals surface area contributed by atoms with E-state index >= 15 is 0 Å². The van der Waals surface area contributed by atoms with E-state index in [9.17, 15) is 9.59 Å². The Kier molecular flexibility index (Phi) is 4.91. The largest absolute Gasteiger partial charge is 0.459 e. The topological polar surface area (TPSA) is 91.2 Å². The van der Waals surface area contributed by atoms with Crippen molar-refractivity contribution in [2.75, 3.05) is 13.1 Å². The van der Waals surface area contributed by atoms with Crippen LogP contribution in [0.1, 0.15) is 35.6 Å². The number of nitrogens with one attached hydrogen (secondary N) is 2. The van der Waals surface area contributed by atoms with Crippen molar-refractivity contribution in [3.8, 4) is 0 Å². The summed E-state index contributed by atoms with van der Waals surface area (Å²) >= 11 is 0. The van der Waals surface area contributed by atoms with Crippen molar-refractivity contribution in [1.82, 2.24) is 20.2 Å². The van der Waals surface area contributed by atoms with Crippen LogP contribution < -0.4 is 5.32 Å². The van der Waals surface area contributed by atoms with Crippen LogP contribution in [0.25, 0.3) is 11.0 Å². The molecule has 1 saturated heterocycles. The van der Waals surface area contributed by atoms with Gasteiger partial charge in [0.25, 0.3) is 5.91 Å². The molecule has 0 atom stereocenters. The fourth-order valence-electron chi connectivity index (χ4n) is 3.44. The van der Waals surface area contributed by atoms with Gasteiger partial charge in [-0.05, 0) is 37.1 Å². The third-order valence-corrected chi connectivity index (χ3v) is 4.91. The van der Waals surface area contributed by atoms with Crippen molar-refractivity contribution < 1.29 is 14.0 Å². The molecule has 1 aliphatic heterocycles. The molecule has 4 rings (SSSR count). The summed E-state index contributed by atoms with van der Waals surface area (Å²) in [6.07, 6.45) is 3.98. The van der Waals surface area contributed by atoms with E-state index in [0.29, 0.717) is 31.7 Å². The molecule has 0 unspecified atom stereocenters. The van der Waals surface area contributed by atoms with Crippen LogP contribution >= 0.6 is 0 Å². The molecule has 3 aromatic rings. The number of imidazole rings is 1. The number of carbonyl (C=O) groups is 2. The molecule has 1 aromatic carbocycles. The van der Waals surface area contributed by atoms with Crippen molar-refractivity contribution in [2.45, 2.75) is 31.7 Å². The van der Waals surface area contributed by atoms with E-state index in [1.54, 1.807) is 17.0 Å². The zero-order valence-electron chi connectivity index (χ0n) is 15.0. The minimum atomic E-state index is -0.0883. The number of para-hydroxylation sites is 2. The minimum absolute atomic E-state index is 0.0197. The number of hydrogen-bond acceptors (Lipinski definition) is 4. The Morgan fingerprint density at radius 3 is 2.74 bits per heavy atom. The molecular formula is C20H22N4O3. The number of likely N-dealkylation sites (tertiary alicyclic amines) is 1. The molecule has 0 bridgehead atoms. The smallest absolute Gasteiger partial charge is 0.289 e. The number of H-pyrrole nitrogens is 1. The highest BCUT2D eigenvalue weighted by Gasteiger charge is 2.25. The Morgan fingerprint density at radius 1 is 1.19 bits per heavy atom. The predicted octanol–water partition coefficient (Wildman–Crippen LogP) is 2.51. The predicted molar refractivity (Wildman–Crippen MR) is 100 cm³/mol. The molecule has 0 radical (unpaired) electrons. The number of hydrogen-bond donors (Lipinski definition) is 2. The fraction of sp³-hybridized carbons (Fsp3) is 0.350. The number of aromatic amines is 1. The first-order valence-electron chi connectivity index (χ1n) is 9.25. The summed E-state index contributed by atoms with van der Waals surface area (Å²) in [5.74, 6) is 1.12. The lowest BCUT2D eigenvalue weighted by Crippen LogP contribution is -2.46. The van der Waals surface area contributed by atoms with Crippen LogP contribution in [0, 0.1) is 0 Å². The van der Waals surface area contributed by atoms with Crippen molar-refractivity contribution in [1.29, 1.82) is 0 Å². The van der Waals surface area contributed by atoms with E-state index in [-0.39, 0.29) is 17.9 Å². The highest BCUT2D eigenvalue weighted by atomic mass is 16.3. The summed E-state index contributed by atoms with van der Waals surface area (Å²) in [5.41, 5.74) is 1.91. The molecule has 1 aliphatic rings. The molecule has 2 amide bonds. The van der Waals surface area contributed by atoms with Crippen LogP contribution in [0.3, 0.4) is 0 Å². The van der Waals surface area contributed by atoms with Gasteiger partial charge in [-0.25, -0.2) is 4.98 Å². The number of aromatic nitrogens is 2. The van der Waals surface area contributed by atoms with Crippen LogP contribution in [0.2, 0.25) is 0 Å². The molecule has 7 nitrogen and oxygen atoms in total. The van der Waals surface area contributed by atoms with Crippen LogP contribution in [-0.4, -0.2) is 45.8 Å². The summed E-state index contributed by atoms with van der Waals surface area (Å²) in [5, 5.41) is 3.08. The van der Waals surface area contributed by atoms with Crippen molar-refractivity contribution in [3.63, 3.8) is 0 Å². The zero-order chi connectivity index (χ0) is 18.6. The molecule has 0 aliphatic carbocycles. The molecule has 2 aromatic heterocycles. The molecule has 7 heteroatoms. The van der Waals surface area contributed by atoms with Crippen LogP contribution in [-0.2, 0) is 11.2 Å². The molecular weight excluding hydrogens is 344 g/mol. The third kappa shape index (κ3) is 4.02. The van der Waals surface area contributed by atoms with Crippen LogP contribution in [0.5, 0.6) is 0 Å². The number of amides is 2. The second-order valence-corrected chi connectivity index (χ2v) is 6.81. The summed E-state index contributed by atoms with van der Waals surface area (Å²) in [4.78, 5) is 34.0. The highest BCUT2D eigenvalue weighted by Crippen LogP contribution is 2.15. The van der Waals surface area contributed by atoms with Gasteiger partial charge in [0.2, 0.25) is 5.91 Å². The van der Waals surface area contributed by atoms with E-state index < -0.39 is 0 Å². The molecule has 27 heavy (non-hydrogen) atoms. The number of rotatable bonds is 5. The quantitative estimate of drug-likeness (QED) is 0.726. The van der Waals surface area contributed by atoms with Crippen molar-refractivity contribution in [2.24, 2.45) is 0 Å². The van der Waals surface area contributed by atoms with Gasteiger partial charge in [-0.3, -0.25) is 9.59 Å². The van der Waals surface area contributed by atoms with Crippen LogP contribution in [0.15, 0.2) is 47.1 Å². The molecule has 140 valence electrons. The molecule has 2 N–H and O–H groups in total. The minimum Gasteiger partial charge on any atom is -0.459 e. The first kappa shape index (κ1) is 17.3. The lowest BCUT2D eigenvalue weighted by Gasteiger charge is -2.31. The first-order chi connectivity index (χ1) is 13.2.